The van der Waals surface area contributed by atoms with Crippen molar-refractivity contribution in [3.05, 3.63) is 65.7 Å². The van der Waals surface area contributed by atoms with Crippen LogP contribution in [0.5, 0.6) is 0 Å². The maximum Gasteiger partial charge on any atom is 0.429 e. The normalized spacial score (nSPS) is 15.2. The number of para-hydroxylation sites is 1. The summed E-state index contributed by atoms with van der Waals surface area (Å²) in [7, 11) is 0. The molecule has 1 heterocycles. The second-order valence-corrected chi connectivity index (χ2v) is 7.02. The van der Waals surface area contributed by atoms with E-state index < -0.39 is 11.7 Å². The highest BCUT2D eigenvalue weighted by atomic mass is 16.6. The molecule has 3 rings (SSSR count). The zero-order chi connectivity index (χ0) is 18.6. The highest BCUT2D eigenvalue weighted by Crippen LogP contribution is 2.23. The van der Waals surface area contributed by atoms with Crippen LogP contribution in [0.25, 0.3) is 0 Å². The number of fused-ring (bicyclic) bond motifs is 1. The summed E-state index contributed by atoms with van der Waals surface area (Å²) in [5.41, 5.74) is 5.89. The van der Waals surface area contributed by atoms with Gasteiger partial charge in [-0.05, 0) is 32.4 Å². The van der Waals surface area contributed by atoms with E-state index >= 15 is 0 Å². The maximum absolute atomic E-state index is 12.4. The lowest BCUT2D eigenvalue weighted by Crippen LogP contribution is -2.46. The summed E-state index contributed by atoms with van der Waals surface area (Å²) in [6.45, 7) is 6.12. The van der Waals surface area contributed by atoms with Crippen molar-refractivity contribution in [2.75, 3.05) is 12.0 Å². The van der Waals surface area contributed by atoms with Crippen LogP contribution in [-0.4, -0.2) is 29.0 Å². The first-order valence-corrected chi connectivity index (χ1v) is 8.52. The van der Waals surface area contributed by atoms with Crippen LogP contribution < -0.4 is 5.43 Å². The molecular formula is C20H23N3O3. The molecule has 26 heavy (non-hydrogen) atoms. The fraction of sp³-hybridized carbons (Fsp3) is 0.300. The molecular weight excluding hydrogens is 330 g/mol. The summed E-state index contributed by atoms with van der Waals surface area (Å²) >= 11 is 0. The average Bonchev–Trinajstić information content (AvgIpc) is 2.61. The molecule has 6 heteroatoms. The molecule has 0 saturated heterocycles. The summed E-state index contributed by atoms with van der Waals surface area (Å²) in [4.78, 5) is 17.9. The van der Waals surface area contributed by atoms with Gasteiger partial charge in [0.1, 0.15) is 17.9 Å². The number of oxime groups is 1. The Hall–Kier alpha value is -3.02. The van der Waals surface area contributed by atoms with E-state index in [2.05, 4.69) is 10.6 Å². The molecule has 0 aromatic heterocycles. The van der Waals surface area contributed by atoms with Crippen molar-refractivity contribution in [2.45, 2.75) is 33.0 Å². The number of carbonyl (C=O) groups is 1. The van der Waals surface area contributed by atoms with Gasteiger partial charge in [-0.3, -0.25) is 5.43 Å². The van der Waals surface area contributed by atoms with E-state index in [9.17, 15) is 4.79 Å². The summed E-state index contributed by atoms with van der Waals surface area (Å²) in [6, 6.07) is 17.5. The first-order valence-electron chi connectivity index (χ1n) is 8.52. The topological polar surface area (TPSA) is 63.2 Å². The first-order chi connectivity index (χ1) is 12.4. The number of hydrogen-bond donors (Lipinski definition) is 1. The van der Waals surface area contributed by atoms with Gasteiger partial charge >= 0.3 is 6.09 Å². The van der Waals surface area contributed by atoms with E-state index in [-0.39, 0.29) is 6.54 Å². The fourth-order valence-corrected chi connectivity index (χ4v) is 2.52. The zero-order valence-corrected chi connectivity index (χ0v) is 15.2. The minimum Gasteiger partial charge on any atom is -0.442 e. The molecule has 0 unspecified atom stereocenters. The van der Waals surface area contributed by atoms with Crippen molar-refractivity contribution >= 4 is 17.5 Å². The van der Waals surface area contributed by atoms with Gasteiger partial charge in [-0.15, -0.1) is 0 Å². The van der Waals surface area contributed by atoms with Gasteiger partial charge in [0.05, 0.1) is 12.2 Å². The van der Waals surface area contributed by atoms with E-state index in [1.54, 1.807) is 0 Å². The van der Waals surface area contributed by atoms with Crippen LogP contribution >= 0.6 is 0 Å². The standard InChI is InChI=1S/C20H23N3O3/c1-20(2,3)26-19(24)23-13-18(16-11-7-8-12-17(16)21-23)22-25-14-15-9-5-4-6-10-15/h4-12,21H,13-14H2,1-3H3. The minimum absolute atomic E-state index is 0.251. The van der Waals surface area contributed by atoms with Gasteiger partial charge in [0.25, 0.3) is 0 Å². The molecule has 0 radical (unpaired) electrons. The smallest absolute Gasteiger partial charge is 0.429 e. The molecule has 1 aliphatic heterocycles. The Labute approximate surface area is 153 Å². The van der Waals surface area contributed by atoms with E-state index in [1.165, 1.54) is 5.01 Å². The highest BCUT2D eigenvalue weighted by molar-refractivity contribution is 6.08. The summed E-state index contributed by atoms with van der Waals surface area (Å²) in [5.74, 6) is 0. The van der Waals surface area contributed by atoms with Crippen LogP contribution in [0.4, 0.5) is 10.5 Å². The lowest BCUT2D eigenvalue weighted by atomic mass is 10.1. The number of benzene rings is 2. The van der Waals surface area contributed by atoms with Crippen molar-refractivity contribution in [3.63, 3.8) is 0 Å². The molecule has 0 aliphatic carbocycles. The second kappa shape index (κ2) is 7.47. The zero-order valence-electron chi connectivity index (χ0n) is 15.2. The van der Waals surface area contributed by atoms with Gasteiger partial charge in [-0.25, -0.2) is 9.80 Å². The van der Waals surface area contributed by atoms with Gasteiger partial charge in [-0.2, -0.15) is 0 Å². The van der Waals surface area contributed by atoms with Gasteiger partial charge < -0.3 is 9.57 Å². The molecule has 0 atom stereocenters. The van der Waals surface area contributed by atoms with Crippen molar-refractivity contribution in [3.8, 4) is 0 Å². The Morgan fingerprint density at radius 3 is 2.54 bits per heavy atom. The lowest BCUT2D eigenvalue weighted by Gasteiger charge is -2.32. The van der Waals surface area contributed by atoms with E-state index in [0.717, 1.165) is 16.8 Å². The predicted molar refractivity (Wildman–Crippen MR) is 101 cm³/mol. The number of nitrogens with zero attached hydrogens (tertiary/aromatic N) is 2. The van der Waals surface area contributed by atoms with Gasteiger partial charge in [0.15, 0.2) is 0 Å². The van der Waals surface area contributed by atoms with Crippen molar-refractivity contribution < 1.29 is 14.4 Å². The number of rotatable bonds is 3. The van der Waals surface area contributed by atoms with Crippen molar-refractivity contribution in [2.24, 2.45) is 5.16 Å². The quantitative estimate of drug-likeness (QED) is 0.841. The number of hydrogen-bond acceptors (Lipinski definition) is 5. The molecule has 1 amide bonds. The molecule has 6 nitrogen and oxygen atoms in total. The molecule has 2 aromatic carbocycles. The third-order valence-corrected chi connectivity index (χ3v) is 3.66. The number of hydrazine groups is 1. The predicted octanol–water partition coefficient (Wildman–Crippen LogP) is 4.19. The highest BCUT2D eigenvalue weighted by Gasteiger charge is 2.29. The van der Waals surface area contributed by atoms with Crippen LogP contribution in [0.2, 0.25) is 0 Å². The Kier molecular flexibility index (Phi) is 5.11. The minimum atomic E-state index is -0.573. The molecule has 0 saturated carbocycles. The Morgan fingerprint density at radius 1 is 1.12 bits per heavy atom. The molecule has 0 fully saturated rings. The number of nitrogens with one attached hydrogen (secondary N) is 1. The SMILES string of the molecule is CC(C)(C)OC(=O)N1CC(=NOCc2ccccc2)c2ccccc2N1. The van der Waals surface area contributed by atoms with E-state index in [0.29, 0.717) is 12.3 Å². The molecule has 2 aromatic rings. The van der Waals surface area contributed by atoms with Crippen LogP contribution in [0, 0.1) is 0 Å². The van der Waals surface area contributed by atoms with Crippen molar-refractivity contribution in [1.82, 2.24) is 5.01 Å². The monoisotopic (exact) mass is 353 g/mol. The molecule has 1 aliphatic rings. The molecule has 0 spiro atoms. The van der Waals surface area contributed by atoms with Gasteiger partial charge in [0.2, 0.25) is 0 Å². The van der Waals surface area contributed by atoms with Crippen LogP contribution in [0.3, 0.4) is 0 Å². The van der Waals surface area contributed by atoms with Crippen LogP contribution in [0.15, 0.2) is 59.8 Å². The fourth-order valence-electron chi connectivity index (χ4n) is 2.52. The van der Waals surface area contributed by atoms with E-state index in [1.807, 2.05) is 75.4 Å². The number of amides is 1. The van der Waals surface area contributed by atoms with Crippen LogP contribution in [0.1, 0.15) is 31.9 Å². The van der Waals surface area contributed by atoms with Gasteiger partial charge in [0, 0.05) is 5.56 Å². The number of ether oxygens (including phenoxy) is 1. The molecule has 0 bridgehead atoms. The summed E-state index contributed by atoms with van der Waals surface area (Å²) in [6.07, 6.45) is -0.456. The third-order valence-electron chi connectivity index (χ3n) is 3.66. The first kappa shape index (κ1) is 17.8. The third kappa shape index (κ3) is 4.53. The summed E-state index contributed by atoms with van der Waals surface area (Å²) in [5, 5.41) is 5.68. The lowest BCUT2D eigenvalue weighted by molar-refractivity contribution is 0.0317. The Bertz CT molecular complexity index is 797. The Balaban J connectivity index is 1.77. The molecule has 136 valence electrons. The van der Waals surface area contributed by atoms with Crippen LogP contribution in [-0.2, 0) is 16.2 Å². The Morgan fingerprint density at radius 2 is 1.81 bits per heavy atom. The largest absolute Gasteiger partial charge is 0.442 e. The number of carbonyl (C=O) groups excluding carboxylic acids is 1. The van der Waals surface area contributed by atoms with E-state index in [4.69, 9.17) is 9.57 Å². The summed E-state index contributed by atoms with van der Waals surface area (Å²) < 4.78 is 5.44. The second-order valence-electron chi connectivity index (χ2n) is 7.02. The van der Waals surface area contributed by atoms with Gasteiger partial charge in [-0.1, -0.05) is 53.7 Å². The van der Waals surface area contributed by atoms with Crippen molar-refractivity contribution in [1.29, 1.82) is 0 Å². The maximum atomic E-state index is 12.4. The number of anilines is 1. The average molecular weight is 353 g/mol. The molecule has 1 N–H and O–H groups in total.